The summed E-state index contributed by atoms with van der Waals surface area (Å²) in [5.41, 5.74) is 0.792. The Hall–Kier alpha value is -2.55. The Labute approximate surface area is 198 Å². The van der Waals surface area contributed by atoms with E-state index in [9.17, 15) is 18.8 Å². The van der Waals surface area contributed by atoms with Gasteiger partial charge in [-0.1, -0.05) is 41.4 Å². The van der Waals surface area contributed by atoms with E-state index in [1.54, 1.807) is 25.1 Å². The lowest BCUT2D eigenvalue weighted by Gasteiger charge is -2.19. The van der Waals surface area contributed by atoms with Gasteiger partial charge in [0.05, 0.1) is 21.6 Å². The fourth-order valence-corrected chi connectivity index (χ4v) is 4.42. The van der Waals surface area contributed by atoms with Gasteiger partial charge in [0.2, 0.25) is 0 Å². The van der Waals surface area contributed by atoms with Gasteiger partial charge in [-0.3, -0.25) is 14.5 Å². The molecule has 0 radical (unpaired) electrons. The summed E-state index contributed by atoms with van der Waals surface area (Å²) in [5.74, 6) is -1.53. The largest absolute Gasteiger partial charge is 0.486 e. The van der Waals surface area contributed by atoms with Crippen molar-refractivity contribution in [1.82, 2.24) is 4.90 Å². The van der Waals surface area contributed by atoms with Gasteiger partial charge in [0, 0.05) is 5.56 Å². The van der Waals surface area contributed by atoms with Gasteiger partial charge in [0.1, 0.15) is 18.5 Å². The first-order chi connectivity index (χ1) is 15.2. The van der Waals surface area contributed by atoms with Gasteiger partial charge >= 0.3 is 5.97 Å². The Kier molecular flexibility index (Phi) is 7.82. The molecule has 2 aromatic rings. The van der Waals surface area contributed by atoms with Crippen LogP contribution in [0.5, 0.6) is 5.75 Å². The summed E-state index contributed by atoms with van der Waals surface area (Å²) in [4.78, 5) is 37.9. The van der Waals surface area contributed by atoms with Crippen LogP contribution in [-0.2, 0) is 20.9 Å². The number of halogens is 3. The summed E-state index contributed by atoms with van der Waals surface area (Å²) < 4.78 is 24.3. The van der Waals surface area contributed by atoms with Crippen molar-refractivity contribution < 1.29 is 28.2 Å². The summed E-state index contributed by atoms with van der Waals surface area (Å²) in [6.45, 7) is 3.12. The molecule has 1 aliphatic heterocycles. The first-order valence-electron chi connectivity index (χ1n) is 9.51. The van der Waals surface area contributed by atoms with Crippen LogP contribution in [0.4, 0.5) is 9.18 Å². The van der Waals surface area contributed by atoms with E-state index in [1.165, 1.54) is 31.2 Å². The molecule has 0 bridgehead atoms. The van der Waals surface area contributed by atoms with Gasteiger partial charge in [-0.15, -0.1) is 0 Å². The van der Waals surface area contributed by atoms with E-state index in [0.29, 0.717) is 22.9 Å². The monoisotopic (exact) mass is 497 g/mol. The number of hydrogen-bond donors (Lipinski definition) is 0. The van der Waals surface area contributed by atoms with Crippen molar-refractivity contribution in [2.24, 2.45) is 0 Å². The van der Waals surface area contributed by atoms with Crippen LogP contribution >= 0.6 is 35.0 Å². The van der Waals surface area contributed by atoms with Crippen molar-refractivity contribution in [3.8, 4) is 5.75 Å². The van der Waals surface area contributed by atoms with Crippen LogP contribution in [-0.4, -0.2) is 34.7 Å². The van der Waals surface area contributed by atoms with E-state index in [-0.39, 0.29) is 33.9 Å². The zero-order valence-electron chi connectivity index (χ0n) is 17.1. The normalized spacial score (nSPS) is 15.9. The fourth-order valence-electron chi connectivity index (χ4n) is 2.90. The van der Waals surface area contributed by atoms with Crippen LogP contribution < -0.4 is 4.74 Å². The minimum atomic E-state index is -1.05. The number of carbonyl (C=O) groups is 3. The molecule has 2 amide bonds. The molecular weight excluding hydrogens is 480 g/mol. The van der Waals surface area contributed by atoms with E-state index in [1.807, 2.05) is 0 Å². The number of imide groups is 1. The quantitative estimate of drug-likeness (QED) is 0.360. The maximum Gasteiger partial charge on any atom is 0.329 e. The van der Waals surface area contributed by atoms with Crippen LogP contribution in [0.1, 0.15) is 25.0 Å². The Bertz CT molecular complexity index is 1080. The molecule has 2 aromatic carbocycles. The van der Waals surface area contributed by atoms with Crippen LogP contribution in [0.15, 0.2) is 41.3 Å². The lowest BCUT2D eigenvalue weighted by molar-refractivity contribution is -0.150. The number of carbonyl (C=O) groups excluding carboxylic acids is 3. The number of benzene rings is 2. The van der Waals surface area contributed by atoms with Gasteiger partial charge in [-0.2, -0.15) is 0 Å². The third-order valence-electron chi connectivity index (χ3n) is 4.49. The fraction of sp³-hybridized carbons (Fsp3) is 0.227. The number of ether oxygens (including phenoxy) is 2. The van der Waals surface area contributed by atoms with E-state index in [4.69, 9.17) is 32.7 Å². The highest BCUT2D eigenvalue weighted by atomic mass is 35.5. The minimum Gasteiger partial charge on any atom is -0.486 e. The lowest BCUT2D eigenvalue weighted by Crippen LogP contribution is -2.42. The topological polar surface area (TPSA) is 72.9 Å². The van der Waals surface area contributed by atoms with Crippen LogP contribution in [0, 0.1) is 5.82 Å². The molecule has 32 heavy (non-hydrogen) atoms. The Morgan fingerprint density at radius 2 is 1.88 bits per heavy atom. The maximum atomic E-state index is 13.8. The molecule has 1 saturated heterocycles. The van der Waals surface area contributed by atoms with Crippen molar-refractivity contribution in [2.75, 3.05) is 6.61 Å². The Morgan fingerprint density at radius 3 is 2.50 bits per heavy atom. The highest BCUT2D eigenvalue weighted by molar-refractivity contribution is 8.18. The molecule has 6 nitrogen and oxygen atoms in total. The molecule has 0 aromatic heterocycles. The molecule has 1 heterocycles. The SMILES string of the molecule is CCOC(=O)[C@H](C)N1C(=O)S/C(=C/c2cc(Cl)c(OCc3ccccc3F)c(Cl)c2)C1=O. The molecule has 0 unspecified atom stereocenters. The van der Waals surface area contributed by atoms with Gasteiger partial charge in [-0.05, 0) is 55.4 Å². The summed E-state index contributed by atoms with van der Waals surface area (Å²) in [6, 6.07) is 8.13. The van der Waals surface area contributed by atoms with Crippen LogP contribution in [0.25, 0.3) is 6.08 Å². The van der Waals surface area contributed by atoms with Crippen molar-refractivity contribution in [2.45, 2.75) is 26.5 Å². The summed E-state index contributed by atoms with van der Waals surface area (Å²) >= 11 is 13.3. The molecule has 0 saturated carbocycles. The van der Waals surface area contributed by atoms with Crippen LogP contribution in [0.2, 0.25) is 10.0 Å². The zero-order valence-corrected chi connectivity index (χ0v) is 19.4. The molecule has 3 rings (SSSR count). The number of hydrogen-bond acceptors (Lipinski definition) is 6. The third-order valence-corrected chi connectivity index (χ3v) is 5.93. The highest BCUT2D eigenvalue weighted by Crippen LogP contribution is 2.38. The van der Waals surface area contributed by atoms with E-state index < -0.39 is 29.0 Å². The summed E-state index contributed by atoms with van der Waals surface area (Å²) in [7, 11) is 0. The van der Waals surface area contributed by atoms with E-state index >= 15 is 0 Å². The zero-order chi connectivity index (χ0) is 23.4. The maximum absolute atomic E-state index is 13.8. The predicted octanol–water partition coefficient (Wildman–Crippen LogP) is 5.70. The van der Waals surface area contributed by atoms with Gasteiger partial charge in [0.25, 0.3) is 11.1 Å². The third kappa shape index (κ3) is 5.26. The lowest BCUT2D eigenvalue weighted by atomic mass is 10.2. The second-order valence-electron chi connectivity index (χ2n) is 6.67. The minimum absolute atomic E-state index is 0.0733. The molecule has 1 fully saturated rings. The number of esters is 1. The van der Waals surface area contributed by atoms with Crippen LogP contribution in [0.3, 0.4) is 0 Å². The number of rotatable bonds is 7. The van der Waals surface area contributed by atoms with E-state index in [0.717, 1.165) is 4.90 Å². The standard InChI is InChI=1S/C22H18Cl2FNO5S/c1-3-30-21(28)12(2)26-20(27)18(32-22(26)29)10-13-8-15(23)19(16(24)9-13)31-11-14-6-4-5-7-17(14)25/h4-10,12H,3,11H2,1-2H3/b18-10+/t12-/m0/s1. The first kappa shape index (κ1) is 24.1. The van der Waals surface area contributed by atoms with Crippen molar-refractivity contribution in [3.05, 3.63) is 68.3 Å². The van der Waals surface area contributed by atoms with E-state index in [2.05, 4.69) is 0 Å². The molecule has 0 aliphatic carbocycles. The molecule has 168 valence electrons. The molecule has 10 heteroatoms. The summed E-state index contributed by atoms with van der Waals surface area (Å²) in [5, 5.41) is -0.276. The summed E-state index contributed by atoms with van der Waals surface area (Å²) in [6.07, 6.45) is 1.45. The molecular formula is C22H18Cl2FNO5S. The highest BCUT2D eigenvalue weighted by Gasteiger charge is 2.41. The average Bonchev–Trinajstić information content (AvgIpc) is 3.01. The predicted molar refractivity (Wildman–Crippen MR) is 121 cm³/mol. The van der Waals surface area contributed by atoms with Crippen molar-refractivity contribution in [3.63, 3.8) is 0 Å². The van der Waals surface area contributed by atoms with Gasteiger partial charge in [-0.25, -0.2) is 9.18 Å². The van der Waals surface area contributed by atoms with Gasteiger partial charge in [0.15, 0.2) is 5.75 Å². The number of nitrogens with zero attached hydrogens (tertiary/aromatic N) is 1. The molecule has 0 N–H and O–H groups in total. The molecule has 0 spiro atoms. The second-order valence-corrected chi connectivity index (χ2v) is 8.48. The molecule has 1 atom stereocenters. The smallest absolute Gasteiger partial charge is 0.329 e. The van der Waals surface area contributed by atoms with Crippen molar-refractivity contribution in [1.29, 1.82) is 0 Å². The van der Waals surface area contributed by atoms with Crippen molar-refractivity contribution >= 4 is 58.2 Å². The first-order valence-corrected chi connectivity index (χ1v) is 11.1. The Balaban J connectivity index is 1.79. The average molecular weight is 498 g/mol. The van der Waals surface area contributed by atoms with Gasteiger partial charge < -0.3 is 9.47 Å². The Morgan fingerprint density at radius 1 is 1.22 bits per heavy atom. The molecule has 1 aliphatic rings. The number of thioether (sulfide) groups is 1. The second kappa shape index (κ2) is 10.4. The number of amides is 2.